The number of rotatable bonds is 5. The van der Waals surface area contributed by atoms with Gasteiger partial charge < -0.3 is 5.32 Å². The average molecular weight is 325 g/mol. The fourth-order valence-electron chi connectivity index (χ4n) is 2.63. The molecule has 2 heterocycles. The van der Waals surface area contributed by atoms with E-state index in [1.807, 2.05) is 22.8 Å². The van der Waals surface area contributed by atoms with Crippen LogP contribution in [-0.2, 0) is 0 Å². The second kappa shape index (κ2) is 7.90. The van der Waals surface area contributed by atoms with Crippen molar-refractivity contribution in [2.75, 3.05) is 0 Å². The number of aliphatic imine (C=N–C) groups is 2. The number of hydrogen-bond acceptors (Lipinski definition) is 2. The van der Waals surface area contributed by atoms with E-state index in [-0.39, 0.29) is 12.1 Å². The van der Waals surface area contributed by atoms with Crippen LogP contribution in [0, 0.1) is 0 Å². The van der Waals surface area contributed by atoms with Crippen LogP contribution in [0.25, 0.3) is 5.52 Å². The van der Waals surface area contributed by atoms with Gasteiger partial charge in [-0.25, -0.2) is 14.5 Å². The fourth-order valence-corrected chi connectivity index (χ4v) is 2.63. The van der Waals surface area contributed by atoms with E-state index >= 15 is 0 Å². The first kappa shape index (κ1) is 17.9. The van der Waals surface area contributed by atoms with Crippen LogP contribution < -0.4 is 5.32 Å². The molecule has 128 valence electrons. The predicted molar refractivity (Wildman–Crippen MR) is 102 cm³/mol. The van der Waals surface area contributed by atoms with Gasteiger partial charge in [-0.15, -0.1) is 0 Å². The van der Waals surface area contributed by atoms with E-state index in [0.717, 1.165) is 16.8 Å². The molecule has 0 aromatic carbocycles. The fraction of sp³-hybridized carbons (Fsp3) is 0.421. The summed E-state index contributed by atoms with van der Waals surface area (Å²) >= 11 is 0. The first-order valence-corrected chi connectivity index (χ1v) is 8.40. The summed E-state index contributed by atoms with van der Waals surface area (Å²) in [6.45, 7) is 14.2. The Kier molecular flexibility index (Phi) is 5.90. The van der Waals surface area contributed by atoms with Crippen LogP contribution in [0.5, 0.6) is 0 Å². The molecule has 0 spiro atoms. The molecule has 0 aliphatic carbocycles. The van der Waals surface area contributed by atoms with Gasteiger partial charge in [0.25, 0.3) is 0 Å². The number of hydrogen-bond donors (Lipinski definition) is 1. The van der Waals surface area contributed by atoms with Crippen molar-refractivity contribution in [1.82, 2.24) is 14.9 Å². The summed E-state index contributed by atoms with van der Waals surface area (Å²) in [6, 6.07) is 6.31. The van der Waals surface area contributed by atoms with Crippen LogP contribution >= 0.6 is 0 Å². The summed E-state index contributed by atoms with van der Waals surface area (Å²) in [5.41, 5.74) is 3.32. The highest BCUT2D eigenvalue weighted by Gasteiger charge is 2.20. The van der Waals surface area contributed by atoms with Crippen molar-refractivity contribution in [3.05, 3.63) is 48.3 Å². The summed E-state index contributed by atoms with van der Waals surface area (Å²) in [5.74, 6) is 0.943. The van der Waals surface area contributed by atoms with E-state index in [1.165, 1.54) is 0 Å². The lowest BCUT2D eigenvalue weighted by Crippen LogP contribution is -2.29. The second-order valence-corrected chi connectivity index (χ2v) is 6.43. The zero-order chi connectivity index (χ0) is 17.7. The molecule has 0 saturated heterocycles. The molecule has 0 aliphatic rings. The van der Waals surface area contributed by atoms with Gasteiger partial charge in [0.15, 0.2) is 0 Å². The van der Waals surface area contributed by atoms with E-state index < -0.39 is 0 Å². The van der Waals surface area contributed by atoms with Crippen molar-refractivity contribution in [3.63, 3.8) is 0 Å². The van der Waals surface area contributed by atoms with Crippen molar-refractivity contribution < 1.29 is 0 Å². The minimum atomic E-state index is -0.0504. The van der Waals surface area contributed by atoms with Crippen LogP contribution in [0.4, 0.5) is 0 Å². The Bertz CT molecular complexity index is 752. The van der Waals surface area contributed by atoms with Crippen molar-refractivity contribution in [1.29, 1.82) is 0 Å². The number of nitrogens with zero attached hydrogens (tertiary/aromatic N) is 4. The molecule has 0 fully saturated rings. The molecule has 2 aromatic heterocycles. The molecule has 24 heavy (non-hydrogen) atoms. The lowest BCUT2D eigenvalue weighted by atomic mass is 10.00. The molecule has 0 amide bonds. The van der Waals surface area contributed by atoms with Crippen molar-refractivity contribution in [3.8, 4) is 0 Å². The molecule has 2 aromatic rings. The van der Waals surface area contributed by atoms with E-state index in [0.29, 0.717) is 11.9 Å². The van der Waals surface area contributed by atoms with Crippen LogP contribution in [0.1, 0.15) is 57.8 Å². The quantitative estimate of drug-likeness (QED) is 0.664. The molecule has 2 rings (SSSR count). The van der Waals surface area contributed by atoms with Gasteiger partial charge in [-0.05, 0) is 38.8 Å². The standard InChI is InChI=1S/C19H27N5/c1-7-11-20-19(21-14(4)5)22-15(6)17-16-10-8-9-12-24(16)23-18(17)13(2)3/h7-15H,1H2,2-6H3,(H,21,22). The molecule has 1 atom stereocenters. The third kappa shape index (κ3) is 4.10. The van der Waals surface area contributed by atoms with Gasteiger partial charge in [0.1, 0.15) is 0 Å². The minimum absolute atomic E-state index is 0.0504. The molecular formula is C19H27N5. The number of fused-ring (bicyclic) bond motifs is 1. The summed E-state index contributed by atoms with van der Waals surface area (Å²) in [5, 5.41) is 8.02. The highest BCUT2D eigenvalue weighted by molar-refractivity contribution is 5.91. The normalized spacial score (nSPS) is 14.0. The number of pyridine rings is 1. The van der Waals surface area contributed by atoms with Gasteiger partial charge in [0.05, 0.1) is 17.3 Å². The Labute approximate surface area is 144 Å². The Morgan fingerprint density at radius 2 is 2.00 bits per heavy atom. The largest absolute Gasteiger partial charge is 0.352 e. The third-order valence-electron chi connectivity index (χ3n) is 3.61. The summed E-state index contributed by atoms with van der Waals surface area (Å²) < 4.78 is 1.93. The SMILES string of the molecule is C=CC=NC(=NC(C)c1c(C(C)C)nn2ccccc12)NC(C)C. The van der Waals surface area contributed by atoms with E-state index in [4.69, 9.17) is 10.1 Å². The molecule has 5 heteroatoms. The number of nitrogens with one attached hydrogen (secondary N) is 1. The molecule has 0 radical (unpaired) electrons. The molecule has 1 unspecified atom stereocenters. The lowest BCUT2D eigenvalue weighted by molar-refractivity contribution is 0.704. The topological polar surface area (TPSA) is 54.0 Å². The van der Waals surface area contributed by atoms with Gasteiger partial charge in [-0.1, -0.05) is 32.6 Å². The molecule has 1 N–H and O–H groups in total. The first-order chi connectivity index (χ1) is 11.4. The zero-order valence-electron chi connectivity index (χ0n) is 15.2. The highest BCUT2D eigenvalue weighted by atomic mass is 15.2. The Hall–Kier alpha value is -2.43. The van der Waals surface area contributed by atoms with Crippen molar-refractivity contribution in [2.45, 2.75) is 52.6 Å². The molecule has 5 nitrogen and oxygen atoms in total. The highest BCUT2D eigenvalue weighted by Crippen LogP contribution is 2.30. The van der Waals surface area contributed by atoms with E-state index in [9.17, 15) is 0 Å². The lowest BCUT2D eigenvalue weighted by Gasteiger charge is -2.14. The van der Waals surface area contributed by atoms with E-state index in [2.05, 4.69) is 57.6 Å². The van der Waals surface area contributed by atoms with Crippen molar-refractivity contribution >= 4 is 17.7 Å². The third-order valence-corrected chi connectivity index (χ3v) is 3.61. The molecular weight excluding hydrogens is 298 g/mol. The number of allylic oxidation sites excluding steroid dienone is 1. The number of aromatic nitrogens is 2. The maximum Gasteiger partial charge on any atom is 0.218 e. The molecule has 0 aliphatic heterocycles. The smallest absolute Gasteiger partial charge is 0.218 e. The van der Waals surface area contributed by atoms with E-state index in [1.54, 1.807) is 12.3 Å². The number of guanidine groups is 1. The predicted octanol–water partition coefficient (Wildman–Crippen LogP) is 4.13. The minimum Gasteiger partial charge on any atom is -0.352 e. The van der Waals surface area contributed by atoms with Crippen LogP contribution in [0.3, 0.4) is 0 Å². The summed E-state index contributed by atoms with van der Waals surface area (Å²) in [6.07, 6.45) is 5.28. The average Bonchev–Trinajstić information content (AvgIpc) is 2.91. The van der Waals surface area contributed by atoms with Crippen LogP contribution in [0.2, 0.25) is 0 Å². The van der Waals surface area contributed by atoms with Gasteiger partial charge in [0.2, 0.25) is 5.96 Å². The van der Waals surface area contributed by atoms with Crippen LogP contribution in [0.15, 0.2) is 47.0 Å². The van der Waals surface area contributed by atoms with Gasteiger partial charge >= 0.3 is 0 Å². The van der Waals surface area contributed by atoms with Gasteiger partial charge in [-0.2, -0.15) is 5.10 Å². The van der Waals surface area contributed by atoms with Crippen molar-refractivity contribution in [2.24, 2.45) is 9.98 Å². The van der Waals surface area contributed by atoms with Gasteiger partial charge in [-0.3, -0.25) is 0 Å². The molecule has 0 bridgehead atoms. The summed E-state index contributed by atoms with van der Waals surface area (Å²) in [4.78, 5) is 9.15. The Balaban J connectivity index is 2.50. The summed E-state index contributed by atoms with van der Waals surface area (Å²) in [7, 11) is 0. The van der Waals surface area contributed by atoms with Crippen LogP contribution in [-0.4, -0.2) is 27.8 Å². The monoisotopic (exact) mass is 325 g/mol. The maximum atomic E-state index is 4.80. The van der Waals surface area contributed by atoms with Gasteiger partial charge in [0, 0.05) is 24.0 Å². The first-order valence-electron chi connectivity index (χ1n) is 8.40. The Morgan fingerprint density at radius 3 is 2.62 bits per heavy atom. The zero-order valence-corrected chi connectivity index (χ0v) is 15.2. The molecule has 0 saturated carbocycles. The second-order valence-electron chi connectivity index (χ2n) is 6.43. The maximum absolute atomic E-state index is 4.80. The Morgan fingerprint density at radius 1 is 1.25 bits per heavy atom.